The predicted octanol–water partition coefficient (Wildman–Crippen LogP) is 1.06. The molecular formula is C9H13NO3. The maximum atomic E-state index is 9.46. The van der Waals surface area contributed by atoms with Crippen LogP contribution in [0.1, 0.15) is 11.1 Å². The Morgan fingerprint density at radius 1 is 1.31 bits per heavy atom. The Balaban J connectivity index is 2.90. The summed E-state index contributed by atoms with van der Waals surface area (Å²) in [6, 6.07) is 3.47. The highest BCUT2D eigenvalue weighted by atomic mass is 16.6. The molecule has 0 heterocycles. The van der Waals surface area contributed by atoms with E-state index in [0.717, 1.165) is 0 Å². The number of benzene rings is 1. The lowest BCUT2D eigenvalue weighted by Crippen LogP contribution is -2.10. The number of rotatable bonds is 3. The maximum absolute atomic E-state index is 9.46. The van der Waals surface area contributed by atoms with Crippen LogP contribution in [0.2, 0.25) is 0 Å². The van der Waals surface area contributed by atoms with Crippen molar-refractivity contribution in [3.8, 4) is 11.5 Å². The number of aromatic hydroxyl groups is 2. The second-order valence-corrected chi connectivity index (χ2v) is 2.76. The second-order valence-electron chi connectivity index (χ2n) is 2.76. The molecule has 0 spiro atoms. The Labute approximate surface area is 76.7 Å². The topological polar surface area (TPSA) is 61.7 Å². The average molecular weight is 183 g/mol. The van der Waals surface area contributed by atoms with Crippen LogP contribution < -0.4 is 5.48 Å². The van der Waals surface area contributed by atoms with Gasteiger partial charge in [0.15, 0.2) is 11.5 Å². The number of nitrogens with one attached hydrogen (secondary N) is 1. The number of hydroxylamine groups is 1. The molecule has 4 nitrogen and oxygen atoms in total. The molecule has 0 saturated carbocycles. The molecule has 0 aliphatic heterocycles. The predicted molar refractivity (Wildman–Crippen MR) is 48.4 cm³/mol. The van der Waals surface area contributed by atoms with Gasteiger partial charge in [0, 0.05) is 12.1 Å². The molecule has 1 aromatic carbocycles. The minimum absolute atomic E-state index is 0.0737. The molecule has 0 fully saturated rings. The summed E-state index contributed by atoms with van der Waals surface area (Å²) in [6.07, 6.45) is 0. The third kappa shape index (κ3) is 2.11. The lowest BCUT2D eigenvalue weighted by atomic mass is 10.1. The third-order valence-corrected chi connectivity index (χ3v) is 1.84. The lowest BCUT2D eigenvalue weighted by molar-refractivity contribution is 0.0860. The van der Waals surface area contributed by atoms with Crippen LogP contribution in [-0.4, -0.2) is 17.3 Å². The van der Waals surface area contributed by atoms with Crippen molar-refractivity contribution in [2.45, 2.75) is 13.5 Å². The van der Waals surface area contributed by atoms with Crippen molar-refractivity contribution in [2.24, 2.45) is 0 Å². The summed E-state index contributed by atoms with van der Waals surface area (Å²) in [4.78, 5) is 4.63. The maximum Gasteiger partial charge on any atom is 0.162 e. The van der Waals surface area contributed by atoms with Gasteiger partial charge in [0.2, 0.25) is 0 Å². The summed E-state index contributed by atoms with van der Waals surface area (Å²) in [5.74, 6) is -0.167. The summed E-state index contributed by atoms with van der Waals surface area (Å²) in [6.45, 7) is 2.08. The van der Waals surface area contributed by atoms with E-state index in [1.165, 1.54) is 7.11 Å². The van der Waals surface area contributed by atoms with Crippen molar-refractivity contribution in [2.75, 3.05) is 7.11 Å². The smallest absolute Gasteiger partial charge is 0.162 e. The van der Waals surface area contributed by atoms with E-state index in [4.69, 9.17) is 0 Å². The molecule has 0 aliphatic rings. The van der Waals surface area contributed by atoms with E-state index < -0.39 is 0 Å². The fourth-order valence-corrected chi connectivity index (χ4v) is 1.01. The molecule has 0 bridgehead atoms. The van der Waals surface area contributed by atoms with E-state index in [1.807, 2.05) is 0 Å². The Bertz CT molecular complexity index is 299. The highest BCUT2D eigenvalue weighted by Gasteiger charge is 2.07. The first-order chi connectivity index (χ1) is 6.16. The van der Waals surface area contributed by atoms with Crippen LogP contribution in [0.3, 0.4) is 0 Å². The van der Waals surface area contributed by atoms with Crippen LogP contribution >= 0.6 is 0 Å². The van der Waals surface area contributed by atoms with Gasteiger partial charge in [-0.3, -0.25) is 0 Å². The van der Waals surface area contributed by atoms with Crippen molar-refractivity contribution in [1.29, 1.82) is 0 Å². The minimum atomic E-state index is -0.0930. The largest absolute Gasteiger partial charge is 0.504 e. The van der Waals surface area contributed by atoms with Gasteiger partial charge in [-0.15, -0.1) is 0 Å². The number of aryl methyl sites for hydroxylation is 1. The van der Waals surface area contributed by atoms with E-state index in [-0.39, 0.29) is 11.5 Å². The number of hydrogen-bond donors (Lipinski definition) is 3. The van der Waals surface area contributed by atoms with Gasteiger partial charge in [0.05, 0.1) is 7.11 Å². The molecule has 0 unspecified atom stereocenters. The highest BCUT2D eigenvalue weighted by Crippen LogP contribution is 2.31. The van der Waals surface area contributed by atoms with E-state index in [0.29, 0.717) is 17.7 Å². The van der Waals surface area contributed by atoms with E-state index in [1.54, 1.807) is 19.1 Å². The van der Waals surface area contributed by atoms with Crippen molar-refractivity contribution < 1.29 is 15.1 Å². The Kier molecular flexibility index (Phi) is 3.11. The summed E-state index contributed by atoms with van der Waals surface area (Å²) in [5, 5.41) is 18.8. The molecule has 13 heavy (non-hydrogen) atoms. The zero-order valence-corrected chi connectivity index (χ0v) is 7.66. The SMILES string of the molecule is CONCc1ccc(C)c(O)c1O. The van der Waals surface area contributed by atoms with E-state index >= 15 is 0 Å². The summed E-state index contributed by atoms with van der Waals surface area (Å²) < 4.78 is 0. The Hall–Kier alpha value is -1.26. The summed E-state index contributed by atoms with van der Waals surface area (Å²) >= 11 is 0. The molecule has 1 rings (SSSR count). The normalized spacial score (nSPS) is 10.3. The van der Waals surface area contributed by atoms with Crippen molar-refractivity contribution in [3.63, 3.8) is 0 Å². The second kappa shape index (κ2) is 4.11. The number of phenols is 2. The third-order valence-electron chi connectivity index (χ3n) is 1.84. The van der Waals surface area contributed by atoms with Crippen LogP contribution in [0.15, 0.2) is 12.1 Å². The van der Waals surface area contributed by atoms with Crippen molar-refractivity contribution >= 4 is 0 Å². The van der Waals surface area contributed by atoms with Crippen LogP contribution in [-0.2, 0) is 11.4 Å². The van der Waals surface area contributed by atoms with Crippen LogP contribution in [0.5, 0.6) is 11.5 Å². The number of hydrogen-bond acceptors (Lipinski definition) is 4. The van der Waals surface area contributed by atoms with Gasteiger partial charge in [0.1, 0.15) is 0 Å². The fourth-order valence-electron chi connectivity index (χ4n) is 1.01. The molecule has 0 saturated heterocycles. The molecule has 0 aromatic heterocycles. The molecule has 3 N–H and O–H groups in total. The zero-order chi connectivity index (χ0) is 9.84. The van der Waals surface area contributed by atoms with Crippen LogP contribution in [0, 0.1) is 6.92 Å². The van der Waals surface area contributed by atoms with Gasteiger partial charge in [-0.1, -0.05) is 12.1 Å². The number of phenolic OH excluding ortho intramolecular Hbond substituents is 2. The molecule has 4 heteroatoms. The van der Waals surface area contributed by atoms with E-state index in [9.17, 15) is 10.2 Å². The minimum Gasteiger partial charge on any atom is -0.504 e. The van der Waals surface area contributed by atoms with Crippen LogP contribution in [0.25, 0.3) is 0 Å². The Morgan fingerprint density at radius 2 is 2.00 bits per heavy atom. The van der Waals surface area contributed by atoms with Crippen molar-refractivity contribution in [3.05, 3.63) is 23.3 Å². The standard InChI is InChI=1S/C9H13NO3/c1-6-3-4-7(5-10-13-2)9(12)8(6)11/h3-4,10-12H,5H2,1-2H3. The molecule has 72 valence electrons. The van der Waals surface area contributed by atoms with Gasteiger partial charge in [-0.25, -0.2) is 0 Å². The van der Waals surface area contributed by atoms with Gasteiger partial charge in [-0.2, -0.15) is 5.48 Å². The first-order valence-electron chi connectivity index (χ1n) is 3.93. The monoisotopic (exact) mass is 183 g/mol. The highest BCUT2D eigenvalue weighted by molar-refractivity contribution is 5.49. The van der Waals surface area contributed by atoms with Crippen LogP contribution in [0.4, 0.5) is 0 Å². The van der Waals surface area contributed by atoms with E-state index in [2.05, 4.69) is 10.3 Å². The molecule has 0 radical (unpaired) electrons. The first kappa shape index (κ1) is 9.83. The van der Waals surface area contributed by atoms with Gasteiger partial charge in [-0.05, 0) is 12.5 Å². The molecule has 0 atom stereocenters. The molecule has 0 aliphatic carbocycles. The fraction of sp³-hybridized carbons (Fsp3) is 0.333. The first-order valence-corrected chi connectivity index (χ1v) is 3.93. The van der Waals surface area contributed by atoms with Crippen molar-refractivity contribution in [1.82, 2.24) is 5.48 Å². The Morgan fingerprint density at radius 3 is 2.62 bits per heavy atom. The van der Waals surface area contributed by atoms with Gasteiger partial charge < -0.3 is 15.1 Å². The molecular weight excluding hydrogens is 170 g/mol. The summed E-state index contributed by atoms with van der Waals surface area (Å²) in [7, 11) is 1.49. The molecule has 1 aromatic rings. The van der Waals surface area contributed by atoms with Gasteiger partial charge >= 0.3 is 0 Å². The summed E-state index contributed by atoms with van der Waals surface area (Å²) in [5.41, 5.74) is 3.83. The molecule has 0 amide bonds. The average Bonchev–Trinajstić information content (AvgIpc) is 2.13. The van der Waals surface area contributed by atoms with Gasteiger partial charge in [0.25, 0.3) is 0 Å². The quantitative estimate of drug-likeness (QED) is 0.484. The lowest BCUT2D eigenvalue weighted by Gasteiger charge is -2.08. The zero-order valence-electron chi connectivity index (χ0n) is 7.66.